The summed E-state index contributed by atoms with van der Waals surface area (Å²) in [5, 5.41) is 5.06. The van der Waals surface area contributed by atoms with Crippen molar-refractivity contribution in [3.63, 3.8) is 0 Å². The number of carbonyl (C=O) groups is 1. The van der Waals surface area contributed by atoms with Crippen molar-refractivity contribution in [3.05, 3.63) is 59.1 Å². The summed E-state index contributed by atoms with van der Waals surface area (Å²) >= 11 is 6.11. The highest BCUT2D eigenvalue weighted by Gasteiger charge is 2.30. The fraction of sp³-hybridized carbons (Fsp3) is 0.235. The first-order chi connectivity index (χ1) is 11.7. The van der Waals surface area contributed by atoms with Crippen LogP contribution in [0.25, 0.3) is 0 Å². The Kier molecular flexibility index (Phi) is 6.27. The van der Waals surface area contributed by atoms with E-state index in [1.165, 1.54) is 12.1 Å². The lowest BCUT2D eigenvalue weighted by molar-refractivity contribution is -0.682. The second-order valence-corrected chi connectivity index (χ2v) is 5.78. The van der Waals surface area contributed by atoms with Crippen LogP contribution in [0.15, 0.2) is 48.5 Å². The average Bonchev–Trinajstić information content (AvgIpc) is 2.53. The summed E-state index contributed by atoms with van der Waals surface area (Å²) in [7, 11) is 0. The fourth-order valence-corrected chi connectivity index (χ4v) is 2.51. The van der Waals surface area contributed by atoms with E-state index in [0.29, 0.717) is 10.7 Å². The van der Waals surface area contributed by atoms with E-state index in [0.717, 1.165) is 17.7 Å². The summed E-state index contributed by atoms with van der Waals surface area (Å²) < 4.78 is 40.0. The zero-order chi connectivity index (χ0) is 18.4. The smallest absolute Gasteiger partial charge is 0.406 e. The monoisotopic (exact) mass is 373 g/mol. The van der Waals surface area contributed by atoms with Gasteiger partial charge in [-0.05, 0) is 37.3 Å². The van der Waals surface area contributed by atoms with Crippen LogP contribution in [0.1, 0.15) is 18.5 Å². The van der Waals surface area contributed by atoms with Crippen molar-refractivity contribution in [2.75, 3.05) is 11.9 Å². The minimum atomic E-state index is -4.74. The van der Waals surface area contributed by atoms with Crippen LogP contribution in [0.4, 0.5) is 18.9 Å². The number of quaternary nitrogens is 1. The molecule has 2 rings (SSSR count). The van der Waals surface area contributed by atoms with Gasteiger partial charge in [-0.25, -0.2) is 0 Å². The molecule has 0 bridgehead atoms. The van der Waals surface area contributed by atoms with Gasteiger partial charge in [0.25, 0.3) is 5.91 Å². The Morgan fingerprint density at radius 3 is 2.44 bits per heavy atom. The summed E-state index contributed by atoms with van der Waals surface area (Å²) in [6, 6.07) is 12.3. The molecule has 3 N–H and O–H groups in total. The third-order valence-electron chi connectivity index (χ3n) is 3.42. The van der Waals surface area contributed by atoms with Gasteiger partial charge >= 0.3 is 6.36 Å². The van der Waals surface area contributed by atoms with Crippen molar-refractivity contribution in [2.24, 2.45) is 0 Å². The van der Waals surface area contributed by atoms with Crippen LogP contribution in [-0.4, -0.2) is 18.8 Å². The van der Waals surface area contributed by atoms with E-state index in [9.17, 15) is 18.0 Å². The van der Waals surface area contributed by atoms with E-state index in [1.54, 1.807) is 6.07 Å². The molecule has 0 fully saturated rings. The van der Waals surface area contributed by atoms with E-state index in [4.69, 9.17) is 11.6 Å². The van der Waals surface area contributed by atoms with Crippen LogP contribution in [0, 0.1) is 0 Å². The SMILES string of the molecule is C[C@H]([NH2+]CC(=O)Nc1ccc(OC(F)(F)F)cc1)c1ccccc1Cl. The third kappa shape index (κ3) is 6.28. The van der Waals surface area contributed by atoms with Crippen LogP contribution in [0.2, 0.25) is 5.02 Å². The number of carbonyl (C=O) groups excluding carboxylic acids is 1. The van der Waals surface area contributed by atoms with Crippen molar-refractivity contribution < 1.29 is 28.0 Å². The molecule has 0 aliphatic rings. The zero-order valence-electron chi connectivity index (χ0n) is 13.3. The molecular formula is C17H17ClF3N2O2+. The highest BCUT2D eigenvalue weighted by Crippen LogP contribution is 2.24. The van der Waals surface area contributed by atoms with Crippen molar-refractivity contribution in [1.29, 1.82) is 0 Å². The zero-order valence-corrected chi connectivity index (χ0v) is 14.1. The number of nitrogens with one attached hydrogen (secondary N) is 1. The van der Waals surface area contributed by atoms with Crippen LogP contribution >= 0.6 is 11.6 Å². The van der Waals surface area contributed by atoms with Gasteiger partial charge in [0, 0.05) is 16.3 Å². The van der Waals surface area contributed by atoms with Crippen molar-refractivity contribution >= 4 is 23.2 Å². The number of halogens is 4. The number of hydrogen-bond acceptors (Lipinski definition) is 2. The number of ether oxygens (including phenoxy) is 1. The minimum Gasteiger partial charge on any atom is -0.406 e. The molecule has 1 amide bonds. The molecule has 0 heterocycles. The second kappa shape index (κ2) is 8.22. The molecule has 0 unspecified atom stereocenters. The molecule has 0 aliphatic heterocycles. The molecule has 0 saturated carbocycles. The van der Waals surface area contributed by atoms with Gasteiger partial charge in [-0.15, -0.1) is 13.2 Å². The maximum atomic E-state index is 12.1. The third-order valence-corrected chi connectivity index (χ3v) is 3.77. The molecule has 2 aromatic rings. The molecule has 0 aromatic heterocycles. The van der Waals surface area contributed by atoms with E-state index in [-0.39, 0.29) is 24.2 Å². The molecule has 1 atom stereocenters. The van der Waals surface area contributed by atoms with Crippen molar-refractivity contribution in [2.45, 2.75) is 19.3 Å². The maximum Gasteiger partial charge on any atom is 0.573 e. The molecule has 8 heteroatoms. The van der Waals surface area contributed by atoms with Gasteiger partial charge in [0.05, 0.1) is 0 Å². The molecule has 134 valence electrons. The van der Waals surface area contributed by atoms with Crippen molar-refractivity contribution in [1.82, 2.24) is 0 Å². The average molecular weight is 374 g/mol. The normalized spacial score (nSPS) is 12.5. The van der Waals surface area contributed by atoms with E-state index >= 15 is 0 Å². The number of amides is 1. The summed E-state index contributed by atoms with van der Waals surface area (Å²) in [5.74, 6) is -0.618. The predicted octanol–water partition coefficient (Wildman–Crippen LogP) is 3.50. The van der Waals surface area contributed by atoms with Gasteiger partial charge in [-0.1, -0.05) is 29.8 Å². The number of nitrogens with two attached hydrogens (primary N) is 1. The molecule has 25 heavy (non-hydrogen) atoms. The highest BCUT2D eigenvalue weighted by molar-refractivity contribution is 6.31. The Bertz CT molecular complexity index is 721. The predicted molar refractivity (Wildman–Crippen MR) is 88.4 cm³/mol. The van der Waals surface area contributed by atoms with Gasteiger partial charge in [0.1, 0.15) is 11.8 Å². The first-order valence-corrected chi connectivity index (χ1v) is 7.86. The largest absolute Gasteiger partial charge is 0.573 e. The Labute approximate surface area is 147 Å². The molecule has 4 nitrogen and oxygen atoms in total. The van der Waals surface area contributed by atoms with Crippen LogP contribution < -0.4 is 15.4 Å². The lowest BCUT2D eigenvalue weighted by Crippen LogP contribution is -2.86. The molecule has 0 spiro atoms. The van der Waals surface area contributed by atoms with Crippen LogP contribution in [-0.2, 0) is 4.79 Å². The van der Waals surface area contributed by atoms with Gasteiger partial charge < -0.3 is 15.4 Å². The minimum absolute atomic E-state index is 0.0120. The van der Waals surface area contributed by atoms with Crippen LogP contribution in [0.5, 0.6) is 5.75 Å². The summed E-state index contributed by atoms with van der Waals surface area (Å²) in [6.07, 6.45) is -4.74. The quantitative estimate of drug-likeness (QED) is 0.814. The molecule has 0 aliphatic carbocycles. The number of anilines is 1. The lowest BCUT2D eigenvalue weighted by Gasteiger charge is -2.13. The molecular weight excluding hydrogens is 357 g/mol. The molecule has 2 aromatic carbocycles. The topological polar surface area (TPSA) is 54.9 Å². The Hall–Kier alpha value is -2.25. The summed E-state index contributed by atoms with van der Waals surface area (Å²) in [5.41, 5.74) is 1.31. The first-order valence-electron chi connectivity index (χ1n) is 7.48. The van der Waals surface area contributed by atoms with Gasteiger partial charge in [-0.2, -0.15) is 0 Å². The van der Waals surface area contributed by atoms with E-state index in [1.807, 2.05) is 30.4 Å². The van der Waals surface area contributed by atoms with Gasteiger partial charge in [0.2, 0.25) is 0 Å². The van der Waals surface area contributed by atoms with Crippen molar-refractivity contribution in [3.8, 4) is 5.75 Å². The number of rotatable bonds is 6. The first kappa shape index (κ1) is 19.1. The molecule has 0 saturated heterocycles. The number of alkyl halides is 3. The number of hydrogen-bond donors (Lipinski definition) is 2. The Morgan fingerprint density at radius 1 is 1.20 bits per heavy atom. The van der Waals surface area contributed by atoms with Gasteiger partial charge in [-0.3, -0.25) is 4.79 Å². The Balaban J connectivity index is 1.85. The maximum absolute atomic E-state index is 12.1. The van der Waals surface area contributed by atoms with Gasteiger partial charge in [0.15, 0.2) is 6.54 Å². The number of benzene rings is 2. The standard InChI is InChI=1S/C17H16ClF3N2O2/c1-11(14-4-2-3-5-15(14)18)22-10-16(24)23-12-6-8-13(9-7-12)25-17(19,20)21/h2-9,11,22H,10H2,1H3,(H,23,24)/p+1/t11-/m0/s1. The lowest BCUT2D eigenvalue weighted by atomic mass is 10.1. The fourth-order valence-electron chi connectivity index (χ4n) is 2.21. The highest BCUT2D eigenvalue weighted by atomic mass is 35.5. The summed E-state index contributed by atoms with van der Waals surface area (Å²) in [4.78, 5) is 12.0. The summed E-state index contributed by atoms with van der Waals surface area (Å²) in [6.45, 7) is 2.07. The van der Waals surface area contributed by atoms with E-state index in [2.05, 4.69) is 10.1 Å². The van der Waals surface area contributed by atoms with E-state index < -0.39 is 6.36 Å². The molecule has 0 radical (unpaired) electrons. The second-order valence-electron chi connectivity index (χ2n) is 5.37. The van der Waals surface area contributed by atoms with Crippen LogP contribution in [0.3, 0.4) is 0 Å². The Morgan fingerprint density at radius 2 is 1.84 bits per heavy atom.